The zero-order chi connectivity index (χ0) is 53.2. The number of rotatable bonds is 16. The Hall–Kier alpha value is -1.72. The zero-order valence-corrected chi connectivity index (χ0v) is 42.6. The summed E-state index contributed by atoms with van der Waals surface area (Å²) in [6.07, 6.45) is -22.4. The lowest BCUT2D eigenvalue weighted by Gasteiger charge is -2.58. The minimum atomic E-state index is -1.77. The first-order valence-corrected chi connectivity index (χ1v) is 26.4. The smallest absolute Gasteiger partial charge is 0.187 e. The summed E-state index contributed by atoms with van der Waals surface area (Å²) < 4.78 is 47.6. The lowest BCUT2D eigenvalue weighted by atomic mass is 9.47. The second-order valence-corrected chi connectivity index (χ2v) is 23.2. The van der Waals surface area contributed by atoms with Gasteiger partial charge in [0.2, 0.25) is 0 Å². The summed E-state index contributed by atoms with van der Waals surface area (Å²) in [5, 5.41) is 126. The van der Waals surface area contributed by atoms with Crippen LogP contribution in [0.15, 0.2) is 11.6 Å². The number of ketones is 2. The Morgan fingerprint density at radius 2 is 1.23 bits per heavy atom. The number of carbonyl (C=O) groups is 2. The number of ether oxygens (including phenoxy) is 8. The number of fused-ring (bicyclic) bond motifs is 5. The van der Waals surface area contributed by atoms with Gasteiger partial charge in [-0.1, -0.05) is 39.3 Å². The first kappa shape index (κ1) is 57.5. The van der Waals surface area contributed by atoms with E-state index in [1.165, 1.54) is 19.4 Å². The number of hydrogen-bond acceptors (Lipinski definition) is 22. The van der Waals surface area contributed by atoms with Crippen LogP contribution >= 0.6 is 0 Å². The summed E-state index contributed by atoms with van der Waals surface area (Å²) in [4.78, 5) is 28.0. The standard InChI is InChI=1S/C51H82O22/c1-20(19-66-46-40(62)39(61)36(58)31(17-52)70-46)7-10-29(54)21(2)33-30(55)16-28-26-9-8-24-15-25(11-13-50(24,5)27(26)12-14-51(28,33)6)69-49-45(73-48-42(64)38(60)35(57)23(4)68-48)43(65)44(32(18-53)71-49)72-47-41(63)37(59)34(56)22(3)67-47/h8,20-23,25-28,31-49,52-53,56-65H,7,9-19H2,1-6H3/t20-,21-,22?,23?,25?,26-,27+,28+,31?,32?,33+,34+,35+,36-,37+,38+,39+,40?,41?,42?,43+,44-,45?,46-,47+,48+,49-,50+,51+/m1/s1. The number of allylic oxidation sites excluding steroid dienone is 1. The highest BCUT2D eigenvalue weighted by Crippen LogP contribution is 2.66. The molecule has 4 aliphatic heterocycles. The Bertz CT molecular complexity index is 1930. The van der Waals surface area contributed by atoms with Crippen LogP contribution in [0.3, 0.4) is 0 Å². The van der Waals surface area contributed by atoms with Gasteiger partial charge in [-0.05, 0) is 93.3 Å². The van der Waals surface area contributed by atoms with Gasteiger partial charge in [0.05, 0.1) is 38.1 Å². The van der Waals surface area contributed by atoms with E-state index in [1.54, 1.807) is 0 Å². The van der Waals surface area contributed by atoms with E-state index in [9.17, 15) is 70.9 Å². The molecule has 4 saturated heterocycles. The number of Topliss-reactive ketones (excluding diaryl/α,β-unsaturated/α-hetero) is 2. The van der Waals surface area contributed by atoms with E-state index in [4.69, 9.17) is 37.9 Å². The molecular formula is C51H82O22. The summed E-state index contributed by atoms with van der Waals surface area (Å²) in [6.45, 7) is 9.94. The third-order valence-corrected chi connectivity index (χ3v) is 18.6. The number of aliphatic hydroxyl groups is 12. The average molecular weight is 1050 g/mol. The minimum Gasteiger partial charge on any atom is -0.394 e. The van der Waals surface area contributed by atoms with Crippen LogP contribution in [-0.4, -0.2) is 222 Å². The molecule has 9 unspecified atom stereocenters. The fourth-order valence-corrected chi connectivity index (χ4v) is 14.0. The van der Waals surface area contributed by atoms with Crippen molar-refractivity contribution in [3.63, 3.8) is 0 Å². The highest BCUT2D eigenvalue weighted by molar-refractivity contribution is 5.92. The van der Waals surface area contributed by atoms with Crippen molar-refractivity contribution < 1.29 is 109 Å². The molecule has 0 spiro atoms. The average Bonchev–Trinajstić information content (AvgIpc) is 3.64. The molecule has 4 aliphatic carbocycles. The predicted octanol–water partition coefficient (Wildman–Crippen LogP) is -1.93. The third-order valence-electron chi connectivity index (χ3n) is 18.6. The molecule has 418 valence electrons. The number of aliphatic hydroxyl groups excluding tert-OH is 12. The molecule has 7 fully saturated rings. The highest BCUT2D eigenvalue weighted by Gasteiger charge is 2.63. The Kier molecular flexibility index (Phi) is 18.0. The lowest BCUT2D eigenvalue weighted by Crippen LogP contribution is -2.66. The Morgan fingerprint density at radius 1 is 0.658 bits per heavy atom. The van der Waals surface area contributed by atoms with Gasteiger partial charge in [0.1, 0.15) is 97.0 Å². The molecule has 0 aromatic heterocycles. The molecule has 12 N–H and O–H groups in total. The van der Waals surface area contributed by atoms with Crippen molar-refractivity contribution in [3.8, 4) is 0 Å². The molecule has 22 nitrogen and oxygen atoms in total. The van der Waals surface area contributed by atoms with Crippen LogP contribution in [0.1, 0.15) is 99.3 Å². The van der Waals surface area contributed by atoms with E-state index in [0.717, 1.165) is 19.3 Å². The van der Waals surface area contributed by atoms with Gasteiger partial charge in [0.25, 0.3) is 0 Å². The summed E-state index contributed by atoms with van der Waals surface area (Å²) in [6, 6.07) is 0. The molecule has 73 heavy (non-hydrogen) atoms. The molecule has 0 bridgehead atoms. The van der Waals surface area contributed by atoms with Crippen molar-refractivity contribution in [2.45, 2.75) is 228 Å². The van der Waals surface area contributed by atoms with Crippen LogP contribution in [0.4, 0.5) is 0 Å². The molecular weight excluding hydrogens is 965 g/mol. The van der Waals surface area contributed by atoms with Crippen LogP contribution in [-0.2, 0) is 47.5 Å². The van der Waals surface area contributed by atoms with Gasteiger partial charge in [0.15, 0.2) is 25.2 Å². The first-order chi connectivity index (χ1) is 34.4. The number of carbonyl (C=O) groups excluding carboxylic acids is 2. The van der Waals surface area contributed by atoms with E-state index < -0.39 is 154 Å². The maximum absolute atomic E-state index is 14.1. The normalized spacial score (nSPS) is 51.1. The largest absolute Gasteiger partial charge is 0.394 e. The maximum Gasteiger partial charge on any atom is 0.187 e. The van der Waals surface area contributed by atoms with E-state index in [-0.39, 0.29) is 59.1 Å². The quantitative estimate of drug-likeness (QED) is 0.0749. The van der Waals surface area contributed by atoms with Crippen LogP contribution in [0.25, 0.3) is 0 Å². The highest BCUT2D eigenvalue weighted by atomic mass is 16.8. The second kappa shape index (κ2) is 22.9. The maximum atomic E-state index is 14.1. The van der Waals surface area contributed by atoms with Crippen LogP contribution in [0, 0.1) is 46.3 Å². The summed E-state index contributed by atoms with van der Waals surface area (Å²) in [5.41, 5.74) is 0.569. The topological polar surface area (TPSA) is 351 Å². The second-order valence-electron chi connectivity index (χ2n) is 23.2. The van der Waals surface area contributed by atoms with Gasteiger partial charge >= 0.3 is 0 Å². The van der Waals surface area contributed by atoms with E-state index in [1.807, 2.05) is 13.8 Å². The van der Waals surface area contributed by atoms with Crippen molar-refractivity contribution in [1.82, 2.24) is 0 Å². The van der Waals surface area contributed by atoms with E-state index in [0.29, 0.717) is 32.1 Å². The van der Waals surface area contributed by atoms with Gasteiger partial charge in [-0.15, -0.1) is 0 Å². The minimum absolute atomic E-state index is 0.00532. The van der Waals surface area contributed by atoms with Crippen LogP contribution in [0.5, 0.6) is 0 Å². The molecule has 0 radical (unpaired) electrons. The van der Waals surface area contributed by atoms with Crippen molar-refractivity contribution in [3.05, 3.63) is 11.6 Å². The summed E-state index contributed by atoms with van der Waals surface area (Å²) >= 11 is 0. The van der Waals surface area contributed by atoms with Gasteiger partial charge in [-0.2, -0.15) is 0 Å². The fraction of sp³-hybridized carbons (Fsp3) is 0.922. The zero-order valence-electron chi connectivity index (χ0n) is 42.6. The molecule has 0 aromatic rings. The van der Waals surface area contributed by atoms with Crippen LogP contribution < -0.4 is 0 Å². The molecule has 8 rings (SSSR count). The Labute approximate surface area is 425 Å². The SMILES string of the molecule is CC1O[C@@H](OC2[C@H](OC3CC[C@@]4(C)C(=CC[C@H]5[C@@H]6CC(=O)[C@H]([C@H](C)C(=O)CC[C@@H](C)CO[C@@H]7OC(CO)[C@@H](O)[C@H](O)C7O)[C@@]6(C)CC[C@@H]54)C3)OC(CO)[C@@H](O[C@@H]3OC(C)[C@H](O)[C@H](O)C3O)[C@@H]2O)C(O)[C@@H](O)[C@H]1O. The van der Waals surface area contributed by atoms with Crippen molar-refractivity contribution >= 4 is 11.6 Å². The van der Waals surface area contributed by atoms with Crippen molar-refractivity contribution in [2.24, 2.45) is 46.3 Å². The van der Waals surface area contributed by atoms with Gasteiger partial charge in [-0.3, -0.25) is 9.59 Å². The van der Waals surface area contributed by atoms with Gasteiger partial charge in [-0.25, -0.2) is 0 Å². The number of hydrogen-bond donors (Lipinski definition) is 12. The molecule has 29 atom stereocenters. The predicted molar refractivity (Wildman–Crippen MR) is 249 cm³/mol. The Balaban J connectivity index is 0.916. The molecule has 0 amide bonds. The van der Waals surface area contributed by atoms with Gasteiger partial charge in [0, 0.05) is 24.7 Å². The summed E-state index contributed by atoms with van der Waals surface area (Å²) in [7, 11) is 0. The molecule has 3 saturated carbocycles. The fourth-order valence-electron chi connectivity index (χ4n) is 14.0. The summed E-state index contributed by atoms with van der Waals surface area (Å²) in [5.74, 6) is -0.436. The Morgan fingerprint density at radius 3 is 1.85 bits per heavy atom. The van der Waals surface area contributed by atoms with Crippen LogP contribution in [0.2, 0.25) is 0 Å². The molecule has 22 heteroatoms. The monoisotopic (exact) mass is 1050 g/mol. The lowest BCUT2D eigenvalue weighted by molar-refractivity contribution is -0.388. The first-order valence-electron chi connectivity index (χ1n) is 26.4. The van der Waals surface area contributed by atoms with Gasteiger partial charge < -0.3 is 99.2 Å². The van der Waals surface area contributed by atoms with Crippen molar-refractivity contribution in [1.29, 1.82) is 0 Å². The van der Waals surface area contributed by atoms with E-state index >= 15 is 0 Å². The van der Waals surface area contributed by atoms with E-state index in [2.05, 4.69) is 19.9 Å². The molecule has 4 heterocycles. The van der Waals surface area contributed by atoms with Crippen molar-refractivity contribution in [2.75, 3.05) is 19.8 Å². The molecule has 0 aromatic carbocycles. The third kappa shape index (κ3) is 10.9. The molecule has 8 aliphatic rings.